The first-order chi connectivity index (χ1) is 18.9. The van der Waals surface area contributed by atoms with Crippen LogP contribution in [0.15, 0.2) is 90.4 Å². The van der Waals surface area contributed by atoms with Crippen molar-refractivity contribution in [3.8, 4) is 22.4 Å². The molecule has 1 saturated heterocycles. The molecule has 0 radical (unpaired) electrons. The summed E-state index contributed by atoms with van der Waals surface area (Å²) in [5, 5.41) is 1.91. The number of carbonyl (C=O) groups excluding carboxylic acids is 1. The maximum atomic E-state index is 13.4. The van der Waals surface area contributed by atoms with Crippen molar-refractivity contribution in [2.45, 2.75) is 12.7 Å². The van der Waals surface area contributed by atoms with E-state index >= 15 is 0 Å². The van der Waals surface area contributed by atoms with Crippen LogP contribution < -0.4 is 0 Å². The Hall–Kier alpha value is -3.95. The largest absolute Gasteiger partial charge is 0.416 e. The summed E-state index contributed by atoms with van der Waals surface area (Å²) in [7, 11) is 0. The summed E-state index contributed by atoms with van der Waals surface area (Å²) in [6, 6.07) is 22.7. The predicted octanol–water partition coefficient (Wildman–Crippen LogP) is 6.71. The lowest BCUT2D eigenvalue weighted by molar-refractivity contribution is -0.137. The number of hydrogen-bond donors (Lipinski definition) is 0. The van der Waals surface area contributed by atoms with Gasteiger partial charge in [-0.1, -0.05) is 48.5 Å². The van der Waals surface area contributed by atoms with E-state index in [1.165, 1.54) is 23.5 Å². The van der Waals surface area contributed by atoms with E-state index in [4.69, 9.17) is 4.98 Å². The van der Waals surface area contributed by atoms with E-state index in [0.29, 0.717) is 43.9 Å². The van der Waals surface area contributed by atoms with Crippen molar-refractivity contribution in [2.75, 3.05) is 26.2 Å². The fourth-order valence-corrected chi connectivity index (χ4v) is 5.69. The van der Waals surface area contributed by atoms with Crippen LogP contribution in [0.25, 0.3) is 28.0 Å². The summed E-state index contributed by atoms with van der Waals surface area (Å²) >= 11 is 1.45. The summed E-state index contributed by atoms with van der Waals surface area (Å²) in [4.78, 5) is 22.6. The van der Waals surface area contributed by atoms with E-state index in [1.54, 1.807) is 6.07 Å². The second kappa shape index (κ2) is 10.3. The predicted molar refractivity (Wildman–Crippen MR) is 147 cm³/mol. The number of rotatable bonds is 5. The number of carbonyl (C=O) groups is 1. The molecule has 0 N–H and O–H groups in total. The van der Waals surface area contributed by atoms with Crippen molar-refractivity contribution in [2.24, 2.45) is 0 Å². The third-order valence-corrected chi connectivity index (χ3v) is 7.91. The highest BCUT2D eigenvalue weighted by Gasteiger charge is 2.30. The molecule has 1 aliphatic rings. The van der Waals surface area contributed by atoms with Crippen LogP contribution in [0.5, 0.6) is 0 Å². The number of benzene rings is 2. The number of halogens is 3. The maximum Gasteiger partial charge on any atom is 0.416 e. The molecule has 3 aromatic heterocycles. The molecule has 198 valence electrons. The van der Waals surface area contributed by atoms with Gasteiger partial charge < -0.3 is 9.30 Å². The lowest BCUT2D eigenvalue weighted by atomic mass is 10.0. The molecule has 0 unspecified atom stereocenters. The van der Waals surface area contributed by atoms with Gasteiger partial charge in [0, 0.05) is 44.5 Å². The van der Waals surface area contributed by atoms with E-state index in [0.717, 1.165) is 33.5 Å². The highest BCUT2D eigenvalue weighted by molar-refractivity contribution is 7.12. The number of hydrogen-bond acceptors (Lipinski definition) is 4. The van der Waals surface area contributed by atoms with Gasteiger partial charge in [-0.15, -0.1) is 11.3 Å². The highest BCUT2D eigenvalue weighted by atomic mass is 32.1. The smallest absolute Gasteiger partial charge is 0.335 e. The fourth-order valence-electron chi connectivity index (χ4n) is 4.99. The Labute approximate surface area is 227 Å². The average molecular weight is 547 g/mol. The van der Waals surface area contributed by atoms with Crippen LogP contribution in [0.2, 0.25) is 0 Å². The quantitative estimate of drug-likeness (QED) is 0.246. The molecular formula is C30H25F3N4OS. The molecule has 0 aliphatic carbocycles. The van der Waals surface area contributed by atoms with Crippen molar-refractivity contribution in [3.63, 3.8) is 0 Å². The third-order valence-electron chi connectivity index (χ3n) is 7.05. The second-order valence-corrected chi connectivity index (χ2v) is 10.5. The summed E-state index contributed by atoms with van der Waals surface area (Å²) in [5.41, 5.74) is 4.00. The molecule has 1 aliphatic heterocycles. The van der Waals surface area contributed by atoms with Crippen molar-refractivity contribution >= 4 is 22.9 Å². The van der Waals surface area contributed by atoms with Gasteiger partial charge in [0.15, 0.2) is 0 Å². The third kappa shape index (κ3) is 5.20. The number of alkyl halides is 3. The fraction of sp³-hybridized carbons (Fsp3) is 0.200. The summed E-state index contributed by atoms with van der Waals surface area (Å²) in [5.74, 6) is 0.0650. The Kier molecular flexibility index (Phi) is 6.70. The van der Waals surface area contributed by atoms with Gasteiger partial charge in [0.2, 0.25) is 0 Å². The maximum absolute atomic E-state index is 13.4. The van der Waals surface area contributed by atoms with Crippen LogP contribution in [0.3, 0.4) is 0 Å². The first-order valence-electron chi connectivity index (χ1n) is 12.7. The number of pyridine rings is 1. The van der Waals surface area contributed by atoms with Crippen LogP contribution in [0, 0.1) is 0 Å². The Bertz CT molecular complexity index is 1600. The number of nitrogens with zero attached hydrogens (tertiary/aromatic N) is 4. The molecule has 4 heterocycles. The number of piperazine rings is 1. The van der Waals surface area contributed by atoms with Crippen LogP contribution in [0.1, 0.15) is 20.9 Å². The Morgan fingerprint density at radius 1 is 0.846 bits per heavy atom. The molecule has 5 nitrogen and oxygen atoms in total. The first kappa shape index (κ1) is 25.3. The van der Waals surface area contributed by atoms with Crippen LogP contribution in [0.4, 0.5) is 13.2 Å². The van der Waals surface area contributed by atoms with Crippen molar-refractivity contribution < 1.29 is 18.0 Å². The SMILES string of the molecule is O=C(c1cccs1)N1CCN(Cc2c(-c3ccccc3)nc3ccc(-c4cccc(C(F)(F)F)c4)cn23)CC1. The molecule has 0 atom stereocenters. The van der Waals surface area contributed by atoms with Crippen LogP contribution in [-0.2, 0) is 12.7 Å². The van der Waals surface area contributed by atoms with E-state index in [9.17, 15) is 18.0 Å². The van der Waals surface area contributed by atoms with Crippen LogP contribution in [-0.4, -0.2) is 51.3 Å². The summed E-state index contributed by atoms with van der Waals surface area (Å²) in [6.45, 7) is 3.28. The van der Waals surface area contributed by atoms with Crippen LogP contribution >= 0.6 is 11.3 Å². The molecule has 2 aromatic carbocycles. The Balaban J connectivity index is 1.33. The zero-order valence-corrected chi connectivity index (χ0v) is 21.8. The molecule has 5 aromatic rings. The Morgan fingerprint density at radius 3 is 2.33 bits per heavy atom. The standard InChI is InChI=1S/C30H25F3N4OS/c31-30(32,33)24-9-4-8-22(18-24)23-11-12-27-34-28(21-6-2-1-3-7-21)25(37(27)19-23)20-35-13-15-36(16-14-35)29(38)26-10-5-17-39-26/h1-12,17-19H,13-16,20H2. The molecular weight excluding hydrogens is 521 g/mol. The highest BCUT2D eigenvalue weighted by Crippen LogP contribution is 2.33. The van der Waals surface area contributed by atoms with Gasteiger partial charge in [-0.05, 0) is 46.8 Å². The molecule has 6 rings (SSSR count). The van der Waals surface area contributed by atoms with Crippen molar-refractivity contribution in [3.05, 3.63) is 107 Å². The lowest BCUT2D eigenvalue weighted by Crippen LogP contribution is -2.48. The second-order valence-electron chi connectivity index (χ2n) is 9.54. The van der Waals surface area contributed by atoms with E-state index in [2.05, 4.69) is 4.90 Å². The van der Waals surface area contributed by atoms with Gasteiger partial charge in [0.25, 0.3) is 5.91 Å². The topological polar surface area (TPSA) is 40.9 Å². The zero-order chi connectivity index (χ0) is 27.0. The van der Waals surface area contributed by atoms with Gasteiger partial charge in [0.1, 0.15) is 5.65 Å². The minimum absolute atomic E-state index is 0.0650. The molecule has 0 bridgehead atoms. The van der Waals surface area contributed by atoms with E-state index in [1.807, 2.05) is 75.5 Å². The summed E-state index contributed by atoms with van der Waals surface area (Å²) < 4.78 is 42.1. The Morgan fingerprint density at radius 2 is 1.62 bits per heavy atom. The molecule has 9 heteroatoms. The van der Waals surface area contributed by atoms with Gasteiger partial charge in [-0.25, -0.2) is 4.98 Å². The molecule has 0 saturated carbocycles. The number of imidazole rings is 1. The monoisotopic (exact) mass is 546 g/mol. The number of amides is 1. The van der Waals surface area contributed by atoms with Gasteiger partial charge >= 0.3 is 6.18 Å². The van der Waals surface area contributed by atoms with Crippen molar-refractivity contribution in [1.82, 2.24) is 19.2 Å². The van der Waals surface area contributed by atoms with Crippen molar-refractivity contribution in [1.29, 1.82) is 0 Å². The lowest BCUT2D eigenvalue weighted by Gasteiger charge is -2.34. The molecule has 1 fully saturated rings. The minimum atomic E-state index is -4.41. The molecule has 39 heavy (non-hydrogen) atoms. The number of aromatic nitrogens is 2. The number of fused-ring (bicyclic) bond motifs is 1. The zero-order valence-electron chi connectivity index (χ0n) is 20.9. The van der Waals surface area contributed by atoms with E-state index in [-0.39, 0.29) is 5.91 Å². The number of thiophene rings is 1. The average Bonchev–Trinajstić information content (AvgIpc) is 3.62. The first-order valence-corrected chi connectivity index (χ1v) is 13.5. The van der Waals surface area contributed by atoms with E-state index < -0.39 is 11.7 Å². The van der Waals surface area contributed by atoms with Gasteiger partial charge in [-0.3, -0.25) is 9.69 Å². The normalized spacial score (nSPS) is 14.7. The molecule has 0 spiro atoms. The summed E-state index contributed by atoms with van der Waals surface area (Å²) in [6.07, 6.45) is -2.54. The van der Waals surface area contributed by atoms with Gasteiger partial charge in [0.05, 0.1) is 21.8 Å². The molecule has 1 amide bonds. The van der Waals surface area contributed by atoms with Gasteiger partial charge in [-0.2, -0.15) is 13.2 Å². The minimum Gasteiger partial charge on any atom is -0.335 e.